The molecule has 0 saturated carbocycles. The lowest BCUT2D eigenvalue weighted by molar-refractivity contribution is 0.0276. The Morgan fingerprint density at radius 2 is 2.03 bits per heavy atom. The fraction of sp³-hybridized carbons (Fsp3) is 0.333. The zero-order valence-corrected chi connectivity index (χ0v) is 18.2. The van der Waals surface area contributed by atoms with Crippen LogP contribution in [0.4, 0.5) is 4.39 Å². The molecular weight excluding hydrogens is 421 g/mol. The van der Waals surface area contributed by atoms with Crippen LogP contribution in [0.1, 0.15) is 31.5 Å². The van der Waals surface area contributed by atoms with Gasteiger partial charge in [-0.1, -0.05) is 12.1 Å². The molecule has 3 heterocycles. The Balaban J connectivity index is 1.50. The van der Waals surface area contributed by atoms with E-state index in [9.17, 15) is 14.0 Å². The Morgan fingerprint density at radius 3 is 2.71 bits per heavy atom. The predicted molar refractivity (Wildman–Crippen MR) is 113 cm³/mol. The molecule has 3 aromatic rings. The summed E-state index contributed by atoms with van der Waals surface area (Å²) in [4.78, 5) is 32.5. The van der Waals surface area contributed by atoms with Gasteiger partial charge < -0.3 is 15.0 Å². The number of carbonyl (C=O) groups is 2. The van der Waals surface area contributed by atoms with Gasteiger partial charge in [-0.05, 0) is 31.5 Å². The summed E-state index contributed by atoms with van der Waals surface area (Å²) in [5.41, 5.74) is 2.14. The largest absolute Gasteiger partial charge is 0.355 e. The third-order valence-corrected chi connectivity index (χ3v) is 6.01. The summed E-state index contributed by atoms with van der Waals surface area (Å²) in [6.45, 7) is 4.49. The van der Waals surface area contributed by atoms with E-state index in [0.717, 1.165) is 10.6 Å². The first-order chi connectivity index (χ1) is 14.8. The van der Waals surface area contributed by atoms with E-state index in [-0.39, 0.29) is 24.2 Å². The number of carbonyl (C=O) groups excluding carboxylic acids is 2. The number of halogens is 1. The first kappa shape index (κ1) is 21.1. The number of aryl methyl sites for hydroxylation is 3. The maximum absolute atomic E-state index is 13.3. The van der Waals surface area contributed by atoms with Crippen molar-refractivity contribution in [3.05, 3.63) is 58.2 Å². The second-order valence-corrected chi connectivity index (χ2v) is 8.46. The van der Waals surface area contributed by atoms with Gasteiger partial charge in [-0.2, -0.15) is 5.10 Å². The van der Waals surface area contributed by atoms with Crippen LogP contribution >= 0.6 is 11.3 Å². The van der Waals surface area contributed by atoms with Gasteiger partial charge in [0.1, 0.15) is 17.7 Å². The number of ether oxygens (including phenoxy) is 1. The summed E-state index contributed by atoms with van der Waals surface area (Å²) in [6.07, 6.45) is 1.05. The van der Waals surface area contributed by atoms with Crippen LogP contribution in [0.2, 0.25) is 0 Å². The molecule has 1 aliphatic heterocycles. The van der Waals surface area contributed by atoms with Crippen LogP contribution in [0, 0.1) is 19.7 Å². The van der Waals surface area contributed by atoms with Crippen molar-refractivity contribution >= 4 is 23.2 Å². The molecule has 1 aromatic carbocycles. The van der Waals surface area contributed by atoms with Gasteiger partial charge in [0.25, 0.3) is 11.8 Å². The highest BCUT2D eigenvalue weighted by atomic mass is 32.1. The van der Waals surface area contributed by atoms with Crippen LogP contribution < -0.4 is 5.32 Å². The molecule has 10 heteroatoms. The summed E-state index contributed by atoms with van der Waals surface area (Å²) in [5, 5.41) is 7.72. The summed E-state index contributed by atoms with van der Waals surface area (Å²) < 4.78 is 20.6. The van der Waals surface area contributed by atoms with E-state index in [4.69, 9.17) is 4.74 Å². The fourth-order valence-corrected chi connectivity index (χ4v) is 4.44. The van der Waals surface area contributed by atoms with E-state index in [0.29, 0.717) is 35.0 Å². The lowest BCUT2D eigenvalue weighted by Crippen LogP contribution is -2.44. The average molecular weight is 444 g/mol. The molecule has 0 radical (unpaired) electrons. The average Bonchev–Trinajstić information content (AvgIpc) is 3.44. The Morgan fingerprint density at radius 1 is 1.29 bits per heavy atom. The molecule has 1 unspecified atom stereocenters. The lowest BCUT2D eigenvalue weighted by Gasteiger charge is -2.23. The number of hydrogen-bond acceptors (Lipinski definition) is 6. The molecule has 4 rings (SSSR count). The molecule has 1 atom stereocenters. The van der Waals surface area contributed by atoms with Crippen molar-refractivity contribution in [1.82, 2.24) is 25.0 Å². The fourth-order valence-electron chi connectivity index (χ4n) is 3.53. The van der Waals surface area contributed by atoms with Gasteiger partial charge in [0, 0.05) is 19.8 Å². The van der Waals surface area contributed by atoms with Crippen molar-refractivity contribution in [2.75, 3.05) is 19.7 Å². The number of aromatic nitrogens is 3. The highest BCUT2D eigenvalue weighted by Gasteiger charge is 2.33. The molecule has 31 heavy (non-hydrogen) atoms. The molecule has 1 N–H and O–H groups in total. The number of hydrogen-bond donors (Lipinski definition) is 1. The SMILES string of the molecule is Cc1nc(C(=O)N2CCOC2CNC(=O)c2cn(C)nc2C)c(-c2ccc(F)cc2)s1. The minimum atomic E-state index is -0.600. The molecule has 1 fully saturated rings. The number of thiazole rings is 1. The van der Waals surface area contributed by atoms with Crippen molar-refractivity contribution in [2.45, 2.75) is 20.1 Å². The third kappa shape index (κ3) is 4.35. The first-order valence-corrected chi connectivity index (χ1v) is 10.6. The molecule has 0 spiro atoms. The standard InChI is InChI=1S/C21H22FN5O3S/c1-12-16(11-26(3)25-12)20(28)23-10-17-27(8-9-30-17)21(29)18-19(31-13(2)24-18)14-4-6-15(22)7-5-14/h4-7,11,17H,8-10H2,1-3H3,(H,23,28). The van der Waals surface area contributed by atoms with Gasteiger partial charge >= 0.3 is 0 Å². The van der Waals surface area contributed by atoms with Crippen LogP contribution in [-0.4, -0.2) is 57.4 Å². The second kappa shape index (κ2) is 8.56. The number of nitrogens with zero attached hydrogens (tertiary/aromatic N) is 4. The zero-order valence-electron chi connectivity index (χ0n) is 17.4. The number of rotatable bonds is 5. The van der Waals surface area contributed by atoms with Crippen LogP contribution in [0.5, 0.6) is 0 Å². The van der Waals surface area contributed by atoms with Gasteiger partial charge in [0.15, 0.2) is 0 Å². The normalized spacial score (nSPS) is 16.0. The van der Waals surface area contributed by atoms with Gasteiger partial charge in [-0.15, -0.1) is 11.3 Å². The Bertz CT molecular complexity index is 1120. The molecule has 2 amide bonds. The molecule has 2 aromatic heterocycles. The predicted octanol–water partition coefficient (Wildman–Crippen LogP) is 2.53. The van der Waals surface area contributed by atoms with Crippen LogP contribution in [-0.2, 0) is 11.8 Å². The van der Waals surface area contributed by atoms with Crippen molar-refractivity contribution in [2.24, 2.45) is 7.05 Å². The molecule has 0 aliphatic carbocycles. The Kier molecular flexibility index (Phi) is 5.84. The van der Waals surface area contributed by atoms with Crippen molar-refractivity contribution in [1.29, 1.82) is 0 Å². The van der Waals surface area contributed by atoms with Crippen molar-refractivity contribution in [3.63, 3.8) is 0 Å². The van der Waals surface area contributed by atoms with Gasteiger partial charge in [-0.3, -0.25) is 14.3 Å². The van der Waals surface area contributed by atoms with Gasteiger partial charge in [0.2, 0.25) is 0 Å². The lowest BCUT2D eigenvalue weighted by atomic mass is 10.1. The number of nitrogens with one attached hydrogen (secondary N) is 1. The summed E-state index contributed by atoms with van der Waals surface area (Å²) in [7, 11) is 1.75. The first-order valence-electron chi connectivity index (χ1n) is 9.78. The minimum absolute atomic E-state index is 0.147. The van der Waals surface area contributed by atoms with Crippen molar-refractivity contribution < 1.29 is 18.7 Å². The smallest absolute Gasteiger partial charge is 0.276 e. The van der Waals surface area contributed by atoms with Gasteiger partial charge in [-0.25, -0.2) is 9.37 Å². The van der Waals surface area contributed by atoms with Crippen LogP contribution in [0.15, 0.2) is 30.5 Å². The van der Waals surface area contributed by atoms with E-state index in [2.05, 4.69) is 15.4 Å². The summed E-state index contributed by atoms with van der Waals surface area (Å²) in [6, 6.07) is 5.98. The minimum Gasteiger partial charge on any atom is -0.355 e. The highest BCUT2D eigenvalue weighted by molar-refractivity contribution is 7.15. The van der Waals surface area contributed by atoms with Crippen molar-refractivity contribution in [3.8, 4) is 10.4 Å². The Labute approximate surface area is 182 Å². The summed E-state index contributed by atoms with van der Waals surface area (Å²) >= 11 is 1.38. The molecule has 8 nitrogen and oxygen atoms in total. The quantitative estimate of drug-likeness (QED) is 0.655. The molecule has 0 bridgehead atoms. The number of benzene rings is 1. The Hall–Kier alpha value is -3.11. The second-order valence-electron chi connectivity index (χ2n) is 7.25. The molecule has 162 valence electrons. The monoisotopic (exact) mass is 443 g/mol. The zero-order chi connectivity index (χ0) is 22.1. The third-order valence-electron chi connectivity index (χ3n) is 4.99. The van der Waals surface area contributed by atoms with Crippen LogP contribution in [0.3, 0.4) is 0 Å². The maximum atomic E-state index is 13.3. The molecule has 1 saturated heterocycles. The maximum Gasteiger partial charge on any atom is 0.276 e. The topological polar surface area (TPSA) is 89.4 Å². The highest BCUT2D eigenvalue weighted by Crippen LogP contribution is 2.32. The van der Waals surface area contributed by atoms with E-state index in [1.54, 1.807) is 41.9 Å². The van der Waals surface area contributed by atoms with Crippen LogP contribution in [0.25, 0.3) is 10.4 Å². The molecular formula is C21H22FN5O3S. The van der Waals surface area contributed by atoms with E-state index in [1.165, 1.54) is 23.5 Å². The molecule has 1 aliphatic rings. The van der Waals surface area contributed by atoms with Gasteiger partial charge in [0.05, 0.1) is 34.3 Å². The van der Waals surface area contributed by atoms with E-state index >= 15 is 0 Å². The van der Waals surface area contributed by atoms with E-state index in [1.807, 2.05) is 6.92 Å². The number of amides is 2. The van der Waals surface area contributed by atoms with E-state index < -0.39 is 6.23 Å². The summed E-state index contributed by atoms with van der Waals surface area (Å²) in [5.74, 6) is -0.895.